The first-order chi connectivity index (χ1) is 9.15. The fourth-order valence-corrected chi connectivity index (χ4v) is 1.81. The van der Waals surface area contributed by atoms with Crippen molar-refractivity contribution < 1.29 is 4.52 Å². The predicted octanol–water partition coefficient (Wildman–Crippen LogP) is 3.22. The number of nitrogens with zero attached hydrogens (tertiary/aromatic N) is 2. The van der Waals surface area contributed by atoms with E-state index in [1.165, 1.54) is 5.56 Å². The molecule has 0 aliphatic heterocycles. The van der Waals surface area contributed by atoms with E-state index in [1.807, 2.05) is 37.3 Å². The summed E-state index contributed by atoms with van der Waals surface area (Å²) in [4.78, 5) is 4.40. The van der Waals surface area contributed by atoms with Crippen LogP contribution in [0.4, 0.5) is 0 Å². The fraction of sp³-hybridized carbons (Fsp3) is 0.286. The molecule has 0 unspecified atom stereocenters. The van der Waals surface area contributed by atoms with E-state index in [2.05, 4.69) is 38.0 Å². The lowest BCUT2D eigenvalue weighted by molar-refractivity contribution is 0.340. The van der Waals surface area contributed by atoms with Crippen LogP contribution >= 0.6 is 15.9 Å². The number of halogens is 1. The Hall–Kier alpha value is -1.46. The number of hydrogen-bond acceptors (Lipinski definition) is 4. The summed E-state index contributed by atoms with van der Waals surface area (Å²) >= 11 is 3.30. The van der Waals surface area contributed by atoms with Gasteiger partial charge in [-0.3, -0.25) is 0 Å². The summed E-state index contributed by atoms with van der Waals surface area (Å²) in [5.41, 5.74) is 1.17. The molecule has 1 heterocycles. The quantitative estimate of drug-likeness (QED) is 0.887. The molecular formula is C14H16BrN3O. The predicted molar refractivity (Wildman–Crippen MR) is 78.0 cm³/mol. The number of aromatic nitrogens is 2. The molecule has 5 heteroatoms. The molecule has 0 amide bonds. The van der Waals surface area contributed by atoms with Gasteiger partial charge in [0, 0.05) is 17.4 Å². The Morgan fingerprint density at radius 3 is 2.84 bits per heavy atom. The molecule has 0 fully saturated rings. The summed E-state index contributed by atoms with van der Waals surface area (Å²) in [5, 5.41) is 7.23. The third kappa shape index (κ3) is 4.29. The molecule has 1 N–H and O–H groups in total. The Morgan fingerprint density at radius 2 is 2.16 bits per heavy atom. The molecule has 2 aromatic rings. The number of rotatable bonds is 6. The Balaban J connectivity index is 1.97. The maximum Gasteiger partial charge on any atom is 0.243 e. The van der Waals surface area contributed by atoms with Crippen LogP contribution < -0.4 is 5.32 Å². The molecule has 2 rings (SSSR count). The van der Waals surface area contributed by atoms with Crippen molar-refractivity contribution in [3.05, 3.63) is 58.7 Å². The lowest BCUT2D eigenvalue weighted by Crippen LogP contribution is -2.20. The summed E-state index contributed by atoms with van der Waals surface area (Å²) in [6.07, 6.45) is 0.683. The number of benzene rings is 1. The molecule has 19 heavy (non-hydrogen) atoms. The summed E-state index contributed by atoms with van der Waals surface area (Å²) in [5.74, 6) is 1.30. The maximum absolute atomic E-state index is 5.26. The van der Waals surface area contributed by atoms with Gasteiger partial charge in [-0.1, -0.05) is 58.0 Å². The zero-order valence-corrected chi connectivity index (χ0v) is 12.4. The topological polar surface area (TPSA) is 51.0 Å². The largest absolute Gasteiger partial charge is 0.338 e. The van der Waals surface area contributed by atoms with Crippen molar-refractivity contribution in [2.75, 3.05) is 6.54 Å². The fourth-order valence-electron chi connectivity index (χ4n) is 1.64. The van der Waals surface area contributed by atoms with Gasteiger partial charge in [-0.15, -0.1) is 0 Å². The lowest BCUT2D eigenvalue weighted by Gasteiger charge is -2.07. The van der Waals surface area contributed by atoms with Crippen LogP contribution in [0, 0.1) is 0 Å². The van der Waals surface area contributed by atoms with Crippen molar-refractivity contribution in [3.63, 3.8) is 0 Å². The molecule has 1 aromatic carbocycles. The molecule has 100 valence electrons. The van der Waals surface area contributed by atoms with Crippen LogP contribution in [0.15, 0.2) is 45.9 Å². The highest BCUT2D eigenvalue weighted by atomic mass is 79.9. The molecule has 4 nitrogen and oxygen atoms in total. The summed E-state index contributed by atoms with van der Waals surface area (Å²) in [6.45, 7) is 6.42. The first kappa shape index (κ1) is 14.0. The van der Waals surface area contributed by atoms with E-state index in [1.54, 1.807) is 0 Å². The van der Waals surface area contributed by atoms with Crippen LogP contribution in [0.3, 0.4) is 0 Å². The van der Waals surface area contributed by atoms with Crippen molar-refractivity contribution in [1.29, 1.82) is 0 Å². The third-order valence-electron chi connectivity index (χ3n) is 2.66. The van der Waals surface area contributed by atoms with Crippen LogP contribution in [-0.4, -0.2) is 16.7 Å². The molecule has 1 atom stereocenters. The molecule has 0 radical (unpaired) electrons. The Morgan fingerprint density at radius 1 is 1.42 bits per heavy atom. The molecule has 0 saturated heterocycles. The highest BCUT2D eigenvalue weighted by molar-refractivity contribution is 9.11. The SMILES string of the molecule is C=C(Br)CN[C@H](C)c1nc(Cc2ccccc2)no1. The first-order valence-corrected chi connectivity index (χ1v) is 6.87. The van der Waals surface area contributed by atoms with Crippen molar-refractivity contribution in [2.45, 2.75) is 19.4 Å². The van der Waals surface area contributed by atoms with E-state index >= 15 is 0 Å². The van der Waals surface area contributed by atoms with Gasteiger partial charge in [0.05, 0.1) is 6.04 Å². The van der Waals surface area contributed by atoms with Gasteiger partial charge in [-0.2, -0.15) is 4.98 Å². The molecule has 1 aromatic heterocycles. The standard InChI is InChI=1S/C14H16BrN3O/c1-10(15)9-16-11(2)14-17-13(18-19-14)8-12-6-4-3-5-7-12/h3-7,11,16H,1,8-9H2,2H3/t11-/m1/s1. The zero-order chi connectivity index (χ0) is 13.7. The second-order valence-corrected chi connectivity index (χ2v) is 5.45. The van der Waals surface area contributed by atoms with Gasteiger partial charge in [-0.05, 0) is 12.5 Å². The van der Waals surface area contributed by atoms with Gasteiger partial charge < -0.3 is 9.84 Å². The molecule has 0 aliphatic carbocycles. The van der Waals surface area contributed by atoms with Gasteiger partial charge in [-0.25, -0.2) is 0 Å². The van der Waals surface area contributed by atoms with Crippen LogP contribution in [0.5, 0.6) is 0 Å². The van der Waals surface area contributed by atoms with Crippen molar-refractivity contribution in [2.24, 2.45) is 0 Å². The van der Waals surface area contributed by atoms with Crippen molar-refractivity contribution in [1.82, 2.24) is 15.5 Å². The average molecular weight is 322 g/mol. The minimum absolute atomic E-state index is 0.00585. The van der Waals surface area contributed by atoms with E-state index in [0.717, 1.165) is 4.48 Å². The van der Waals surface area contributed by atoms with Gasteiger partial charge in [0.2, 0.25) is 5.89 Å². The smallest absolute Gasteiger partial charge is 0.243 e. The normalized spacial score (nSPS) is 12.3. The van der Waals surface area contributed by atoms with Gasteiger partial charge in [0.1, 0.15) is 0 Å². The molecular weight excluding hydrogens is 306 g/mol. The monoisotopic (exact) mass is 321 g/mol. The van der Waals surface area contributed by atoms with Crippen LogP contribution in [-0.2, 0) is 6.42 Å². The molecule has 0 aliphatic rings. The summed E-state index contributed by atoms with van der Waals surface area (Å²) in [7, 11) is 0. The van der Waals surface area contributed by atoms with Gasteiger partial charge in [0.25, 0.3) is 0 Å². The molecule has 0 saturated carbocycles. The number of nitrogens with one attached hydrogen (secondary N) is 1. The second kappa shape index (κ2) is 6.63. The van der Waals surface area contributed by atoms with E-state index in [-0.39, 0.29) is 6.04 Å². The van der Waals surface area contributed by atoms with Gasteiger partial charge in [0.15, 0.2) is 5.82 Å². The molecule has 0 bridgehead atoms. The minimum Gasteiger partial charge on any atom is -0.338 e. The first-order valence-electron chi connectivity index (χ1n) is 6.08. The summed E-state index contributed by atoms with van der Waals surface area (Å²) < 4.78 is 6.15. The summed E-state index contributed by atoms with van der Waals surface area (Å²) in [6, 6.07) is 10.1. The van der Waals surface area contributed by atoms with Crippen LogP contribution in [0.25, 0.3) is 0 Å². The Kier molecular flexibility index (Phi) is 4.87. The lowest BCUT2D eigenvalue weighted by atomic mass is 10.1. The van der Waals surface area contributed by atoms with Crippen LogP contribution in [0.2, 0.25) is 0 Å². The van der Waals surface area contributed by atoms with E-state index in [9.17, 15) is 0 Å². The second-order valence-electron chi connectivity index (χ2n) is 4.33. The van der Waals surface area contributed by atoms with Crippen LogP contribution in [0.1, 0.15) is 30.2 Å². The zero-order valence-electron chi connectivity index (χ0n) is 10.8. The van der Waals surface area contributed by atoms with E-state index < -0.39 is 0 Å². The third-order valence-corrected chi connectivity index (χ3v) is 2.94. The maximum atomic E-state index is 5.26. The van der Waals surface area contributed by atoms with E-state index in [4.69, 9.17) is 4.52 Å². The number of hydrogen-bond donors (Lipinski definition) is 1. The Bertz CT molecular complexity index is 539. The van der Waals surface area contributed by atoms with E-state index in [0.29, 0.717) is 24.7 Å². The van der Waals surface area contributed by atoms with Gasteiger partial charge >= 0.3 is 0 Å². The Labute approximate surface area is 121 Å². The highest BCUT2D eigenvalue weighted by Gasteiger charge is 2.13. The average Bonchev–Trinajstić information content (AvgIpc) is 2.85. The highest BCUT2D eigenvalue weighted by Crippen LogP contribution is 2.13. The van der Waals surface area contributed by atoms with Crippen molar-refractivity contribution in [3.8, 4) is 0 Å². The van der Waals surface area contributed by atoms with Crippen molar-refractivity contribution >= 4 is 15.9 Å². The minimum atomic E-state index is 0.00585. The molecule has 0 spiro atoms.